The summed E-state index contributed by atoms with van der Waals surface area (Å²) in [4.78, 5) is 27.8. The number of aliphatic hydroxyl groups is 1. The number of rotatable bonds is 4. The second kappa shape index (κ2) is 7.85. The molecule has 5 heteroatoms. The van der Waals surface area contributed by atoms with Gasteiger partial charge in [-0.15, -0.1) is 0 Å². The van der Waals surface area contributed by atoms with Gasteiger partial charge in [0.1, 0.15) is 11.5 Å². The SMILES string of the molecule is Cc1ccccc1C1/C(=C(\O)c2cccc3ccccc23)C(=O)C(=O)N1Cc1ccco1. The van der Waals surface area contributed by atoms with Crippen molar-refractivity contribution in [2.45, 2.75) is 19.5 Å². The van der Waals surface area contributed by atoms with Crippen LogP contribution in [0.4, 0.5) is 0 Å². The first-order valence-corrected chi connectivity index (χ1v) is 10.4. The minimum atomic E-state index is -0.722. The molecule has 158 valence electrons. The first-order chi connectivity index (χ1) is 15.6. The van der Waals surface area contributed by atoms with Crippen LogP contribution < -0.4 is 0 Å². The molecule has 4 aromatic rings. The molecule has 1 N–H and O–H groups in total. The summed E-state index contributed by atoms with van der Waals surface area (Å²) in [6.45, 7) is 2.06. The lowest BCUT2D eigenvalue weighted by atomic mass is 9.91. The maximum absolute atomic E-state index is 13.3. The normalized spacial score (nSPS) is 17.9. The molecule has 32 heavy (non-hydrogen) atoms. The van der Waals surface area contributed by atoms with E-state index >= 15 is 0 Å². The molecule has 0 aliphatic carbocycles. The Morgan fingerprint density at radius 2 is 1.69 bits per heavy atom. The van der Waals surface area contributed by atoms with E-state index in [-0.39, 0.29) is 17.9 Å². The van der Waals surface area contributed by atoms with Crippen LogP contribution in [0.25, 0.3) is 16.5 Å². The van der Waals surface area contributed by atoms with Crippen LogP contribution >= 0.6 is 0 Å². The second-order valence-electron chi connectivity index (χ2n) is 7.89. The van der Waals surface area contributed by atoms with Crippen LogP contribution in [-0.4, -0.2) is 21.7 Å². The minimum absolute atomic E-state index is 0.0900. The lowest BCUT2D eigenvalue weighted by molar-refractivity contribution is -0.140. The zero-order valence-corrected chi connectivity index (χ0v) is 17.5. The second-order valence-corrected chi connectivity index (χ2v) is 7.89. The van der Waals surface area contributed by atoms with E-state index in [1.807, 2.05) is 67.6 Å². The summed E-state index contributed by atoms with van der Waals surface area (Å²) in [6.07, 6.45) is 1.53. The summed E-state index contributed by atoms with van der Waals surface area (Å²) >= 11 is 0. The third-order valence-corrected chi connectivity index (χ3v) is 5.97. The number of likely N-dealkylation sites (tertiary alicyclic amines) is 1. The Morgan fingerprint density at radius 1 is 0.938 bits per heavy atom. The minimum Gasteiger partial charge on any atom is -0.507 e. The van der Waals surface area contributed by atoms with Gasteiger partial charge in [-0.1, -0.05) is 66.7 Å². The van der Waals surface area contributed by atoms with Crippen LogP contribution in [-0.2, 0) is 16.1 Å². The number of ketones is 1. The van der Waals surface area contributed by atoms with Gasteiger partial charge in [-0.25, -0.2) is 0 Å². The van der Waals surface area contributed by atoms with Crippen molar-refractivity contribution in [2.75, 3.05) is 0 Å². The summed E-state index contributed by atoms with van der Waals surface area (Å²) in [5.41, 5.74) is 2.33. The Bertz CT molecular complexity index is 1360. The summed E-state index contributed by atoms with van der Waals surface area (Å²) in [5, 5.41) is 13.2. The quantitative estimate of drug-likeness (QED) is 0.272. The zero-order chi connectivity index (χ0) is 22.2. The topological polar surface area (TPSA) is 70.8 Å². The van der Waals surface area contributed by atoms with Crippen molar-refractivity contribution in [3.63, 3.8) is 0 Å². The third kappa shape index (κ3) is 3.19. The summed E-state index contributed by atoms with van der Waals surface area (Å²) in [5.74, 6) is -0.960. The van der Waals surface area contributed by atoms with Crippen molar-refractivity contribution < 1.29 is 19.1 Å². The first kappa shape index (κ1) is 19.8. The monoisotopic (exact) mass is 423 g/mol. The number of carbonyl (C=O) groups is 2. The molecule has 5 nitrogen and oxygen atoms in total. The number of amides is 1. The van der Waals surface area contributed by atoms with Gasteiger partial charge in [0.2, 0.25) is 0 Å². The maximum atomic E-state index is 13.3. The third-order valence-electron chi connectivity index (χ3n) is 5.97. The number of hydrogen-bond donors (Lipinski definition) is 1. The molecule has 3 aromatic carbocycles. The van der Waals surface area contributed by atoms with E-state index < -0.39 is 17.7 Å². The van der Waals surface area contributed by atoms with Gasteiger partial charge in [-0.05, 0) is 41.0 Å². The lowest BCUT2D eigenvalue weighted by Gasteiger charge is -2.26. The van der Waals surface area contributed by atoms with E-state index in [4.69, 9.17) is 4.42 Å². The Labute approximate surface area is 185 Å². The van der Waals surface area contributed by atoms with Gasteiger partial charge >= 0.3 is 0 Å². The fraction of sp³-hybridized carbons (Fsp3) is 0.111. The van der Waals surface area contributed by atoms with E-state index in [0.717, 1.165) is 21.9 Å². The Hall–Kier alpha value is -4.12. The smallest absolute Gasteiger partial charge is 0.296 e. The van der Waals surface area contributed by atoms with E-state index in [1.54, 1.807) is 18.2 Å². The number of aliphatic hydroxyl groups excluding tert-OH is 1. The van der Waals surface area contributed by atoms with Crippen LogP contribution in [0.1, 0.15) is 28.5 Å². The Balaban J connectivity index is 1.74. The van der Waals surface area contributed by atoms with Crippen molar-refractivity contribution in [2.24, 2.45) is 0 Å². The van der Waals surface area contributed by atoms with E-state index in [1.165, 1.54) is 11.2 Å². The van der Waals surface area contributed by atoms with Crippen molar-refractivity contribution in [1.82, 2.24) is 4.90 Å². The average Bonchev–Trinajstić information content (AvgIpc) is 3.41. The molecule has 1 atom stereocenters. The molecular weight excluding hydrogens is 402 g/mol. The number of nitrogens with zero attached hydrogens (tertiary/aromatic N) is 1. The predicted octanol–water partition coefficient (Wildman–Crippen LogP) is 5.36. The van der Waals surface area contributed by atoms with Crippen LogP contribution in [0.5, 0.6) is 0 Å². The van der Waals surface area contributed by atoms with E-state index in [9.17, 15) is 14.7 Å². The molecule has 1 amide bonds. The molecule has 1 unspecified atom stereocenters. The number of aryl methyl sites for hydroxylation is 1. The van der Waals surface area contributed by atoms with Gasteiger partial charge in [0.25, 0.3) is 11.7 Å². The molecule has 5 rings (SSSR count). The molecule has 1 aliphatic heterocycles. The van der Waals surface area contributed by atoms with E-state index in [0.29, 0.717) is 11.3 Å². The summed E-state index contributed by atoms with van der Waals surface area (Å²) in [7, 11) is 0. The van der Waals surface area contributed by atoms with Gasteiger partial charge in [0.05, 0.1) is 24.4 Å². The number of furan rings is 1. The maximum Gasteiger partial charge on any atom is 0.296 e. The van der Waals surface area contributed by atoms with Crippen LogP contribution in [0.2, 0.25) is 0 Å². The average molecular weight is 423 g/mol. The Kier molecular flexibility index (Phi) is 4.86. The largest absolute Gasteiger partial charge is 0.507 e. The molecule has 0 bridgehead atoms. The van der Waals surface area contributed by atoms with Gasteiger partial charge in [0.15, 0.2) is 0 Å². The van der Waals surface area contributed by atoms with Crippen LogP contribution in [0, 0.1) is 6.92 Å². The van der Waals surface area contributed by atoms with Crippen molar-refractivity contribution in [3.05, 3.63) is 113 Å². The zero-order valence-electron chi connectivity index (χ0n) is 17.5. The van der Waals surface area contributed by atoms with Crippen molar-refractivity contribution in [3.8, 4) is 0 Å². The molecule has 0 radical (unpaired) electrons. The van der Waals surface area contributed by atoms with Crippen molar-refractivity contribution >= 4 is 28.2 Å². The molecular formula is C27H21NO4. The first-order valence-electron chi connectivity index (χ1n) is 10.4. The number of carbonyl (C=O) groups excluding carboxylic acids is 2. The van der Waals surface area contributed by atoms with E-state index in [2.05, 4.69) is 0 Å². The molecule has 1 fully saturated rings. The number of hydrogen-bond acceptors (Lipinski definition) is 4. The van der Waals surface area contributed by atoms with Crippen molar-refractivity contribution in [1.29, 1.82) is 0 Å². The summed E-state index contributed by atoms with van der Waals surface area (Å²) in [6, 6.07) is 23.6. The molecule has 0 spiro atoms. The van der Waals surface area contributed by atoms with Gasteiger partial charge < -0.3 is 14.4 Å². The predicted molar refractivity (Wildman–Crippen MR) is 122 cm³/mol. The molecule has 2 heterocycles. The molecule has 1 aromatic heterocycles. The Morgan fingerprint density at radius 3 is 2.47 bits per heavy atom. The highest BCUT2D eigenvalue weighted by Crippen LogP contribution is 2.42. The van der Waals surface area contributed by atoms with Gasteiger partial charge in [-0.2, -0.15) is 0 Å². The number of benzene rings is 3. The highest BCUT2D eigenvalue weighted by molar-refractivity contribution is 6.46. The van der Waals surface area contributed by atoms with Gasteiger partial charge in [-0.3, -0.25) is 9.59 Å². The standard InChI is InChI=1S/C27H21NO4/c1-17-8-2-4-12-20(17)24-23(26(30)27(31)28(24)16-19-11-7-15-32-19)25(29)22-14-6-10-18-9-3-5-13-21(18)22/h2-15,24,29H,16H2,1H3/b25-23+. The highest BCUT2D eigenvalue weighted by atomic mass is 16.3. The summed E-state index contributed by atoms with van der Waals surface area (Å²) < 4.78 is 5.45. The van der Waals surface area contributed by atoms with Gasteiger partial charge in [0, 0.05) is 5.56 Å². The fourth-order valence-corrected chi connectivity index (χ4v) is 4.41. The number of Topliss-reactive ketones (excluding diaryl/α,β-unsaturated/α-hetero) is 1. The number of fused-ring (bicyclic) bond motifs is 1. The molecule has 1 aliphatic rings. The van der Waals surface area contributed by atoms with Crippen LogP contribution in [0.3, 0.4) is 0 Å². The fourth-order valence-electron chi connectivity index (χ4n) is 4.41. The van der Waals surface area contributed by atoms with Crippen LogP contribution in [0.15, 0.2) is 95.1 Å². The molecule has 0 saturated carbocycles. The lowest BCUT2D eigenvalue weighted by Crippen LogP contribution is -2.29. The molecule has 1 saturated heterocycles. The highest BCUT2D eigenvalue weighted by Gasteiger charge is 2.46.